The van der Waals surface area contributed by atoms with Crippen molar-refractivity contribution in [3.05, 3.63) is 17.5 Å². The van der Waals surface area contributed by atoms with Crippen LogP contribution in [0.15, 0.2) is 6.07 Å². The van der Waals surface area contributed by atoms with Gasteiger partial charge in [0.2, 0.25) is 0 Å². The zero-order valence-corrected chi connectivity index (χ0v) is 12.2. The summed E-state index contributed by atoms with van der Waals surface area (Å²) in [6.45, 7) is 6.22. The molecular formula is C13H21N3O4. The van der Waals surface area contributed by atoms with Crippen molar-refractivity contribution in [2.75, 3.05) is 13.7 Å². The van der Waals surface area contributed by atoms with Crippen LogP contribution in [-0.2, 0) is 14.9 Å². The monoisotopic (exact) mass is 283 g/mol. The lowest BCUT2D eigenvalue weighted by Crippen LogP contribution is -2.41. The predicted molar refractivity (Wildman–Crippen MR) is 72.7 cm³/mol. The summed E-state index contributed by atoms with van der Waals surface area (Å²) >= 11 is 0. The molecule has 1 heterocycles. The lowest BCUT2D eigenvalue weighted by molar-refractivity contribution is -0.139. The number of aliphatic carboxylic acids is 1. The van der Waals surface area contributed by atoms with Crippen molar-refractivity contribution in [2.24, 2.45) is 0 Å². The standard InChI is InChI=1S/C13H21N3O4/c1-13(2,3)10-7-9(15-16-10)11(17)14-8(12(18)19)5-6-20-4/h7-8H,5-6H2,1-4H3,(H,14,17)(H,15,16)(H,18,19). The summed E-state index contributed by atoms with van der Waals surface area (Å²) in [6, 6.07) is 0.641. The van der Waals surface area contributed by atoms with Crippen LogP contribution >= 0.6 is 0 Å². The molecule has 1 amide bonds. The molecule has 0 spiro atoms. The van der Waals surface area contributed by atoms with Gasteiger partial charge in [-0.3, -0.25) is 9.89 Å². The number of rotatable bonds is 6. The maximum atomic E-state index is 12.0. The number of carbonyl (C=O) groups excluding carboxylic acids is 1. The smallest absolute Gasteiger partial charge is 0.326 e. The number of aromatic amines is 1. The minimum Gasteiger partial charge on any atom is -0.480 e. The average molecular weight is 283 g/mol. The summed E-state index contributed by atoms with van der Waals surface area (Å²) < 4.78 is 4.82. The summed E-state index contributed by atoms with van der Waals surface area (Å²) in [6.07, 6.45) is 0.203. The second-order valence-electron chi connectivity index (χ2n) is 5.56. The number of ether oxygens (including phenoxy) is 1. The first kappa shape index (κ1) is 16.2. The van der Waals surface area contributed by atoms with Crippen molar-refractivity contribution < 1.29 is 19.4 Å². The zero-order chi connectivity index (χ0) is 15.3. The van der Waals surface area contributed by atoms with Crippen LogP contribution in [0.2, 0.25) is 0 Å². The predicted octanol–water partition coefficient (Wildman–Crippen LogP) is 0.927. The molecule has 20 heavy (non-hydrogen) atoms. The number of carbonyl (C=O) groups is 2. The number of carboxylic acids is 1. The number of methoxy groups -OCH3 is 1. The van der Waals surface area contributed by atoms with Crippen LogP contribution in [0.5, 0.6) is 0 Å². The fourth-order valence-corrected chi connectivity index (χ4v) is 1.55. The van der Waals surface area contributed by atoms with Gasteiger partial charge in [0.05, 0.1) is 0 Å². The Morgan fingerprint density at radius 3 is 2.60 bits per heavy atom. The van der Waals surface area contributed by atoms with E-state index in [1.54, 1.807) is 6.07 Å². The third-order valence-corrected chi connectivity index (χ3v) is 2.83. The highest BCUT2D eigenvalue weighted by Gasteiger charge is 2.23. The van der Waals surface area contributed by atoms with Crippen molar-refractivity contribution in [1.29, 1.82) is 0 Å². The molecule has 1 aromatic heterocycles. The molecule has 112 valence electrons. The van der Waals surface area contributed by atoms with Crippen LogP contribution in [0.25, 0.3) is 0 Å². The largest absolute Gasteiger partial charge is 0.480 e. The Labute approximate surface area is 117 Å². The topological polar surface area (TPSA) is 104 Å². The molecule has 1 atom stereocenters. The fraction of sp³-hybridized carbons (Fsp3) is 0.615. The van der Waals surface area contributed by atoms with Crippen molar-refractivity contribution in [3.8, 4) is 0 Å². The third-order valence-electron chi connectivity index (χ3n) is 2.83. The highest BCUT2D eigenvalue weighted by Crippen LogP contribution is 2.20. The number of hydrogen-bond acceptors (Lipinski definition) is 4. The summed E-state index contributed by atoms with van der Waals surface area (Å²) in [4.78, 5) is 23.0. The molecule has 3 N–H and O–H groups in total. The molecule has 0 bridgehead atoms. The van der Waals surface area contributed by atoms with Crippen LogP contribution in [0.3, 0.4) is 0 Å². The molecule has 0 aliphatic heterocycles. The summed E-state index contributed by atoms with van der Waals surface area (Å²) in [5, 5.41) is 18.2. The van der Waals surface area contributed by atoms with Crippen LogP contribution < -0.4 is 5.32 Å². The van der Waals surface area contributed by atoms with Gasteiger partial charge in [-0.05, 0) is 6.07 Å². The van der Waals surface area contributed by atoms with E-state index in [2.05, 4.69) is 15.5 Å². The van der Waals surface area contributed by atoms with Gasteiger partial charge in [0.1, 0.15) is 11.7 Å². The minimum absolute atomic E-state index is 0.159. The van der Waals surface area contributed by atoms with E-state index in [4.69, 9.17) is 9.84 Å². The number of nitrogens with zero attached hydrogens (tertiary/aromatic N) is 1. The fourth-order valence-electron chi connectivity index (χ4n) is 1.55. The van der Waals surface area contributed by atoms with Gasteiger partial charge in [-0.15, -0.1) is 0 Å². The van der Waals surface area contributed by atoms with Gasteiger partial charge in [0, 0.05) is 31.2 Å². The Hall–Kier alpha value is -1.89. The molecule has 0 saturated heterocycles. The van der Waals surface area contributed by atoms with Crippen LogP contribution in [-0.4, -0.2) is 46.9 Å². The molecular weight excluding hydrogens is 262 g/mol. The highest BCUT2D eigenvalue weighted by atomic mass is 16.5. The van der Waals surface area contributed by atoms with E-state index < -0.39 is 17.9 Å². The second kappa shape index (κ2) is 6.51. The first-order valence-electron chi connectivity index (χ1n) is 6.34. The molecule has 0 aliphatic carbocycles. The molecule has 0 aromatic carbocycles. The van der Waals surface area contributed by atoms with Crippen molar-refractivity contribution >= 4 is 11.9 Å². The molecule has 7 heteroatoms. The van der Waals surface area contributed by atoms with Crippen LogP contribution in [0.1, 0.15) is 43.4 Å². The van der Waals surface area contributed by atoms with Crippen LogP contribution in [0.4, 0.5) is 0 Å². The molecule has 0 aliphatic rings. The lowest BCUT2D eigenvalue weighted by Gasteiger charge is -2.15. The van der Waals surface area contributed by atoms with E-state index in [1.807, 2.05) is 20.8 Å². The maximum Gasteiger partial charge on any atom is 0.326 e. The molecule has 1 aromatic rings. The van der Waals surface area contributed by atoms with Gasteiger partial charge < -0.3 is 15.2 Å². The minimum atomic E-state index is -1.10. The van der Waals surface area contributed by atoms with E-state index in [9.17, 15) is 9.59 Å². The van der Waals surface area contributed by atoms with Crippen molar-refractivity contribution in [3.63, 3.8) is 0 Å². The molecule has 0 fully saturated rings. The number of hydrogen-bond donors (Lipinski definition) is 3. The quantitative estimate of drug-likeness (QED) is 0.720. The van der Waals surface area contributed by atoms with E-state index in [-0.39, 0.29) is 24.1 Å². The van der Waals surface area contributed by atoms with Crippen molar-refractivity contribution in [1.82, 2.24) is 15.5 Å². The number of aromatic nitrogens is 2. The SMILES string of the molecule is COCCC(NC(=O)c1cc(C(C)(C)C)[nH]n1)C(=O)O. The highest BCUT2D eigenvalue weighted by molar-refractivity contribution is 5.95. The summed E-state index contributed by atoms with van der Waals surface area (Å²) in [5.74, 6) is -1.61. The van der Waals surface area contributed by atoms with Gasteiger partial charge in [-0.1, -0.05) is 20.8 Å². The number of amides is 1. The van der Waals surface area contributed by atoms with E-state index in [1.165, 1.54) is 7.11 Å². The maximum absolute atomic E-state index is 12.0. The average Bonchev–Trinajstić information content (AvgIpc) is 2.83. The Kier molecular flexibility index (Phi) is 5.26. The molecule has 7 nitrogen and oxygen atoms in total. The number of H-pyrrole nitrogens is 1. The number of carboxylic acid groups (broad SMARTS) is 1. The Morgan fingerprint density at radius 2 is 2.15 bits per heavy atom. The van der Waals surface area contributed by atoms with E-state index >= 15 is 0 Å². The molecule has 0 saturated carbocycles. The second-order valence-corrected chi connectivity index (χ2v) is 5.56. The zero-order valence-electron chi connectivity index (χ0n) is 12.2. The van der Waals surface area contributed by atoms with Gasteiger partial charge in [0.15, 0.2) is 0 Å². The molecule has 1 rings (SSSR count). The number of nitrogens with one attached hydrogen (secondary N) is 2. The normalized spacial score (nSPS) is 13.0. The Balaban J connectivity index is 2.74. The summed E-state index contributed by atoms with van der Waals surface area (Å²) in [5.41, 5.74) is 0.832. The van der Waals surface area contributed by atoms with E-state index in [0.29, 0.717) is 0 Å². The third kappa shape index (κ3) is 4.34. The van der Waals surface area contributed by atoms with E-state index in [0.717, 1.165) is 5.69 Å². The Morgan fingerprint density at radius 1 is 1.50 bits per heavy atom. The summed E-state index contributed by atoms with van der Waals surface area (Å²) in [7, 11) is 1.48. The van der Waals surface area contributed by atoms with Crippen molar-refractivity contribution in [2.45, 2.75) is 38.6 Å². The molecule has 1 unspecified atom stereocenters. The lowest BCUT2D eigenvalue weighted by atomic mass is 9.92. The first-order chi connectivity index (χ1) is 9.25. The van der Waals surface area contributed by atoms with Gasteiger partial charge >= 0.3 is 5.97 Å². The molecule has 0 radical (unpaired) electrons. The van der Waals surface area contributed by atoms with Gasteiger partial charge in [-0.2, -0.15) is 5.10 Å². The van der Waals surface area contributed by atoms with Crippen LogP contribution in [0, 0.1) is 0 Å². The van der Waals surface area contributed by atoms with Gasteiger partial charge in [-0.25, -0.2) is 4.79 Å². The Bertz CT molecular complexity index is 476. The first-order valence-corrected chi connectivity index (χ1v) is 6.34. The van der Waals surface area contributed by atoms with Gasteiger partial charge in [0.25, 0.3) is 5.91 Å².